The summed E-state index contributed by atoms with van der Waals surface area (Å²) in [6.45, 7) is 0. The van der Waals surface area contributed by atoms with E-state index in [0.717, 1.165) is 5.56 Å². The SMILES string of the molecule is Cn1cnc(-c2ccc(NC(=O)C3(C(=O)O)CC3)cc2)n1. The highest BCUT2D eigenvalue weighted by molar-refractivity contribution is 6.10. The highest BCUT2D eigenvalue weighted by atomic mass is 16.4. The van der Waals surface area contributed by atoms with E-state index in [0.29, 0.717) is 24.4 Å². The van der Waals surface area contributed by atoms with Crippen molar-refractivity contribution in [2.24, 2.45) is 12.5 Å². The van der Waals surface area contributed by atoms with E-state index in [9.17, 15) is 9.59 Å². The van der Waals surface area contributed by atoms with Gasteiger partial charge in [0.25, 0.3) is 0 Å². The molecular weight excluding hydrogens is 272 g/mol. The number of benzene rings is 1. The first-order chi connectivity index (χ1) is 10.0. The van der Waals surface area contributed by atoms with Crippen LogP contribution in [0.15, 0.2) is 30.6 Å². The number of aromatic nitrogens is 3. The Labute approximate surface area is 120 Å². The maximum Gasteiger partial charge on any atom is 0.319 e. The highest BCUT2D eigenvalue weighted by Crippen LogP contribution is 2.46. The number of carboxylic acid groups (broad SMARTS) is 1. The van der Waals surface area contributed by atoms with Crippen molar-refractivity contribution in [3.05, 3.63) is 30.6 Å². The molecule has 0 unspecified atom stereocenters. The maximum absolute atomic E-state index is 12.0. The van der Waals surface area contributed by atoms with Crippen molar-refractivity contribution in [2.75, 3.05) is 5.32 Å². The monoisotopic (exact) mass is 286 g/mol. The zero-order valence-corrected chi connectivity index (χ0v) is 11.4. The van der Waals surface area contributed by atoms with Crippen LogP contribution in [0.2, 0.25) is 0 Å². The van der Waals surface area contributed by atoms with Crippen molar-refractivity contribution < 1.29 is 14.7 Å². The fraction of sp³-hybridized carbons (Fsp3) is 0.286. The normalized spacial score (nSPS) is 15.5. The Morgan fingerprint density at radius 3 is 2.43 bits per heavy atom. The molecule has 0 aliphatic heterocycles. The lowest BCUT2D eigenvalue weighted by Gasteiger charge is -2.10. The van der Waals surface area contributed by atoms with Crippen LogP contribution in [0, 0.1) is 5.41 Å². The summed E-state index contributed by atoms with van der Waals surface area (Å²) in [5.41, 5.74) is 0.154. The van der Waals surface area contributed by atoms with Crippen molar-refractivity contribution in [1.82, 2.24) is 14.8 Å². The van der Waals surface area contributed by atoms with Gasteiger partial charge in [-0.3, -0.25) is 14.3 Å². The maximum atomic E-state index is 12.0. The van der Waals surface area contributed by atoms with Gasteiger partial charge >= 0.3 is 5.97 Å². The van der Waals surface area contributed by atoms with Gasteiger partial charge in [0.2, 0.25) is 5.91 Å². The van der Waals surface area contributed by atoms with Gasteiger partial charge in [-0.2, -0.15) is 5.10 Å². The molecule has 7 nitrogen and oxygen atoms in total. The van der Waals surface area contributed by atoms with Crippen LogP contribution in [-0.4, -0.2) is 31.7 Å². The lowest BCUT2D eigenvalue weighted by molar-refractivity contribution is -0.147. The Morgan fingerprint density at radius 1 is 1.29 bits per heavy atom. The summed E-state index contributed by atoms with van der Waals surface area (Å²) < 4.78 is 1.61. The van der Waals surface area contributed by atoms with Crippen LogP contribution in [0.5, 0.6) is 0 Å². The molecule has 1 saturated carbocycles. The van der Waals surface area contributed by atoms with E-state index in [4.69, 9.17) is 5.11 Å². The van der Waals surface area contributed by atoms with Gasteiger partial charge in [-0.25, -0.2) is 4.98 Å². The summed E-state index contributed by atoms with van der Waals surface area (Å²) in [5, 5.41) is 15.9. The molecule has 1 fully saturated rings. The number of aryl methyl sites for hydroxylation is 1. The first-order valence-electron chi connectivity index (χ1n) is 6.52. The molecule has 2 aromatic rings. The number of carbonyl (C=O) groups excluding carboxylic acids is 1. The second kappa shape index (κ2) is 4.69. The predicted molar refractivity (Wildman–Crippen MR) is 74.4 cm³/mol. The second-order valence-electron chi connectivity index (χ2n) is 5.16. The summed E-state index contributed by atoms with van der Waals surface area (Å²) in [6, 6.07) is 6.99. The summed E-state index contributed by atoms with van der Waals surface area (Å²) >= 11 is 0. The third-order valence-corrected chi connectivity index (χ3v) is 3.59. The number of carboxylic acids is 1. The number of rotatable bonds is 4. The molecule has 0 atom stereocenters. The summed E-state index contributed by atoms with van der Waals surface area (Å²) in [7, 11) is 1.78. The molecule has 7 heteroatoms. The Kier molecular flexibility index (Phi) is 2.97. The summed E-state index contributed by atoms with van der Waals surface area (Å²) in [4.78, 5) is 27.2. The van der Waals surface area contributed by atoms with Crippen LogP contribution in [-0.2, 0) is 16.6 Å². The minimum absolute atomic E-state index is 0.393. The zero-order valence-electron chi connectivity index (χ0n) is 11.4. The van der Waals surface area contributed by atoms with Gasteiger partial charge in [0, 0.05) is 18.3 Å². The van der Waals surface area contributed by atoms with Gasteiger partial charge in [0.1, 0.15) is 11.7 Å². The van der Waals surface area contributed by atoms with Gasteiger partial charge in [-0.05, 0) is 37.1 Å². The zero-order chi connectivity index (χ0) is 15.0. The van der Waals surface area contributed by atoms with E-state index < -0.39 is 17.3 Å². The number of carbonyl (C=O) groups is 2. The number of aliphatic carboxylic acids is 1. The molecular formula is C14H14N4O3. The van der Waals surface area contributed by atoms with E-state index >= 15 is 0 Å². The molecule has 1 heterocycles. The smallest absolute Gasteiger partial charge is 0.319 e. The quantitative estimate of drug-likeness (QED) is 0.825. The molecule has 1 aliphatic rings. The molecule has 21 heavy (non-hydrogen) atoms. The summed E-state index contributed by atoms with van der Waals surface area (Å²) in [5.74, 6) is -0.924. The van der Waals surface area contributed by atoms with Gasteiger partial charge in [-0.15, -0.1) is 0 Å². The Balaban J connectivity index is 1.73. The Bertz CT molecular complexity index is 701. The number of anilines is 1. The minimum Gasteiger partial charge on any atom is -0.480 e. The number of nitrogens with zero attached hydrogens (tertiary/aromatic N) is 3. The molecule has 1 aromatic carbocycles. The molecule has 1 amide bonds. The van der Waals surface area contributed by atoms with E-state index in [1.165, 1.54) is 0 Å². The van der Waals surface area contributed by atoms with Crippen LogP contribution in [0.4, 0.5) is 5.69 Å². The topological polar surface area (TPSA) is 97.1 Å². The fourth-order valence-electron chi connectivity index (χ4n) is 2.09. The van der Waals surface area contributed by atoms with Crippen molar-refractivity contribution in [3.63, 3.8) is 0 Å². The Morgan fingerprint density at radius 2 is 1.95 bits per heavy atom. The number of amides is 1. The van der Waals surface area contributed by atoms with Crippen LogP contribution in [0.3, 0.4) is 0 Å². The average molecular weight is 286 g/mol. The third kappa shape index (κ3) is 2.37. The number of hydrogen-bond donors (Lipinski definition) is 2. The second-order valence-corrected chi connectivity index (χ2v) is 5.16. The number of nitrogens with one attached hydrogen (secondary N) is 1. The largest absolute Gasteiger partial charge is 0.480 e. The van der Waals surface area contributed by atoms with E-state index in [1.54, 1.807) is 42.3 Å². The lowest BCUT2D eigenvalue weighted by Crippen LogP contribution is -2.31. The fourth-order valence-corrected chi connectivity index (χ4v) is 2.09. The average Bonchev–Trinajstić information content (AvgIpc) is 3.17. The molecule has 0 spiro atoms. The molecule has 108 valence electrons. The van der Waals surface area contributed by atoms with Crippen molar-refractivity contribution in [3.8, 4) is 11.4 Å². The van der Waals surface area contributed by atoms with Crippen LogP contribution in [0.25, 0.3) is 11.4 Å². The van der Waals surface area contributed by atoms with Gasteiger partial charge in [0.05, 0.1) is 0 Å². The first-order valence-corrected chi connectivity index (χ1v) is 6.52. The van der Waals surface area contributed by atoms with E-state index in [1.807, 2.05) is 0 Å². The lowest BCUT2D eigenvalue weighted by atomic mass is 10.1. The van der Waals surface area contributed by atoms with Gasteiger partial charge in [0.15, 0.2) is 5.82 Å². The molecule has 1 aliphatic carbocycles. The number of hydrogen-bond acceptors (Lipinski definition) is 4. The summed E-state index contributed by atoms with van der Waals surface area (Å²) in [6.07, 6.45) is 2.39. The molecule has 3 rings (SSSR count). The molecule has 2 N–H and O–H groups in total. The van der Waals surface area contributed by atoms with Crippen molar-refractivity contribution in [2.45, 2.75) is 12.8 Å². The highest BCUT2D eigenvalue weighted by Gasteiger charge is 2.57. The standard InChI is InChI=1S/C14H14N4O3/c1-18-8-15-11(17-18)9-2-4-10(5-3-9)16-12(19)14(6-7-14)13(20)21/h2-5,8H,6-7H2,1H3,(H,16,19)(H,20,21). The molecule has 0 bridgehead atoms. The van der Waals surface area contributed by atoms with Gasteiger partial charge < -0.3 is 10.4 Å². The van der Waals surface area contributed by atoms with Crippen molar-refractivity contribution in [1.29, 1.82) is 0 Å². The molecule has 1 aromatic heterocycles. The minimum atomic E-state index is -1.23. The Hall–Kier alpha value is -2.70. The van der Waals surface area contributed by atoms with Crippen molar-refractivity contribution >= 4 is 17.6 Å². The third-order valence-electron chi connectivity index (χ3n) is 3.59. The first kappa shape index (κ1) is 13.3. The van der Waals surface area contributed by atoms with Gasteiger partial charge in [-0.1, -0.05) is 0 Å². The molecule has 0 radical (unpaired) electrons. The van der Waals surface area contributed by atoms with E-state index in [-0.39, 0.29) is 0 Å². The predicted octanol–water partition coefficient (Wildman–Crippen LogP) is 1.29. The van der Waals surface area contributed by atoms with Crippen LogP contribution in [0.1, 0.15) is 12.8 Å². The van der Waals surface area contributed by atoms with Crippen LogP contribution < -0.4 is 5.32 Å². The van der Waals surface area contributed by atoms with E-state index in [2.05, 4.69) is 15.4 Å². The van der Waals surface area contributed by atoms with Crippen LogP contribution >= 0.6 is 0 Å². The molecule has 0 saturated heterocycles.